The van der Waals surface area contributed by atoms with Crippen LogP contribution in [-0.4, -0.2) is 19.6 Å². The number of hydrogen-bond acceptors (Lipinski definition) is 4. The van der Waals surface area contributed by atoms with E-state index in [1.807, 2.05) is 45.9 Å². The van der Waals surface area contributed by atoms with E-state index in [1.54, 1.807) is 6.92 Å². The Bertz CT molecular complexity index is 384. The van der Waals surface area contributed by atoms with E-state index in [0.29, 0.717) is 13.1 Å². The van der Waals surface area contributed by atoms with Crippen LogP contribution in [0.5, 0.6) is 0 Å². The van der Waals surface area contributed by atoms with Crippen LogP contribution in [0.15, 0.2) is 18.2 Å². The van der Waals surface area contributed by atoms with Gasteiger partial charge in [0.2, 0.25) is 0 Å². The lowest BCUT2D eigenvalue weighted by Crippen LogP contribution is -1.98. The molecule has 0 amide bonds. The van der Waals surface area contributed by atoms with Crippen molar-refractivity contribution in [3.8, 4) is 6.07 Å². The maximum atomic E-state index is 9.18. The number of benzene rings is 1. The number of nitriles is 1. The third-order valence-electron chi connectivity index (χ3n) is 1.90. The highest BCUT2D eigenvalue weighted by atomic mass is 16.5. The molecule has 1 N–H and O–H groups in total. The van der Waals surface area contributed by atoms with Crippen LogP contribution in [0.25, 0.3) is 0 Å². The summed E-state index contributed by atoms with van der Waals surface area (Å²) in [7, 11) is 0. The molecule has 0 saturated carbocycles. The number of ether oxygens (including phenoxy) is 1. The van der Waals surface area contributed by atoms with E-state index in [4.69, 9.17) is 5.26 Å². The summed E-state index contributed by atoms with van der Waals surface area (Å²) >= 11 is 0. The first kappa shape index (κ1) is 19.3. The summed E-state index contributed by atoms with van der Waals surface area (Å²) in [4.78, 5) is 9.18. The Hall–Kier alpha value is -2.02. The second-order valence-electron chi connectivity index (χ2n) is 3.24. The fourth-order valence-electron chi connectivity index (χ4n) is 1.16. The van der Waals surface area contributed by atoms with E-state index < -0.39 is 0 Å². The molecular weight excluding hydrogens is 240 g/mol. The minimum Gasteiger partial charge on any atom is -0.468 e. The smallest absolute Gasteiger partial charge is 0.293 e. The molecule has 19 heavy (non-hydrogen) atoms. The maximum Gasteiger partial charge on any atom is 0.293 e. The molecule has 4 heteroatoms. The highest BCUT2D eigenvalue weighted by Gasteiger charge is 1.98. The van der Waals surface area contributed by atoms with Gasteiger partial charge in [-0.3, -0.25) is 4.79 Å². The standard InChI is InChI=1S/C10H12N2.C3H6O2.C2H6/c1-3-12-10-5-4-8(2)6-9(10)7-11;1-2-5-3-4;1-2/h4-6,12H,3H2,1-2H3;3H,2H2,1H3;1-2H3. The van der Waals surface area contributed by atoms with Gasteiger partial charge in [-0.25, -0.2) is 0 Å². The van der Waals surface area contributed by atoms with Gasteiger partial charge in [0.05, 0.1) is 17.9 Å². The molecule has 1 aromatic carbocycles. The van der Waals surface area contributed by atoms with Crippen molar-refractivity contribution >= 4 is 12.2 Å². The molecule has 0 heterocycles. The van der Waals surface area contributed by atoms with Crippen molar-refractivity contribution in [1.29, 1.82) is 5.26 Å². The van der Waals surface area contributed by atoms with Crippen LogP contribution >= 0.6 is 0 Å². The summed E-state index contributed by atoms with van der Waals surface area (Å²) in [6, 6.07) is 7.99. The first-order chi connectivity index (χ1) is 9.19. The molecule has 0 spiro atoms. The first-order valence-electron chi connectivity index (χ1n) is 6.49. The Balaban J connectivity index is 0. The van der Waals surface area contributed by atoms with Crippen molar-refractivity contribution in [3.05, 3.63) is 29.3 Å². The second kappa shape index (κ2) is 14.0. The third kappa shape index (κ3) is 9.66. The zero-order valence-electron chi connectivity index (χ0n) is 12.5. The predicted octanol–water partition coefficient (Wildman–Crippen LogP) is 3.50. The summed E-state index contributed by atoms with van der Waals surface area (Å²) in [5.41, 5.74) is 2.76. The Morgan fingerprint density at radius 1 is 1.37 bits per heavy atom. The van der Waals surface area contributed by atoms with Crippen molar-refractivity contribution in [3.63, 3.8) is 0 Å². The topological polar surface area (TPSA) is 62.1 Å². The molecule has 106 valence electrons. The molecule has 0 aliphatic heterocycles. The van der Waals surface area contributed by atoms with Gasteiger partial charge in [0.1, 0.15) is 6.07 Å². The summed E-state index contributed by atoms with van der Waals surface area (Å²) in [5.74, 6) is 0. The van der Waals surface area contributed by atoms with Crippen LogP contribution in [0.3, 0.4) is 0 Å². The molecule has 0 aliphatic rings. The van der Waals surface area contributed by atoms with Gasteiger partial charge in [-0.15, -0.1) is 0 Å². The Morgan fingerprint density at radius 3 is 2.37 bits per heavy atom. The fraction of sp³-hybridized carbons (Fsp3) is 0.467. The molecule has 0 aromatic heterocycles. The van der Waals surface area contributed by atoms with E-state index in [1.165, 1.54) is 0 Å². The highest BCUT2D eigenvalue weighted by molar-refractivity contribution is 5.58. The van der Waals surface area contributed by atoms with Crippen molar-refractivity contribution < 1.29 is 9.53 Å². The van der Waals surface area contributed by atoms with Gasteiger partial charge in [-0.1, -0.05) is 19.9 Å². The highest BCUT2D eigenvalue weighted by Crippen LogP contribution is 2.15. The number of carbonyl (C=O) groups is 1. The molecule has 1 aromatic rings. The first-order valence-corrected chi connectivity index (χ1v) is 6.49. The van der Waals surface area contributed by atoms with Gasteiger partial charge in [-0.2, -0.15) is 5.26 Å². The van der Waals surface area contributed by atoms with Gasteiger partial charge >= 0.3 is 0 Å². The lowest BCUT2D eigenvalue weighted by molar-refractivity contribution is -0.128. The predicted molar refractivity (Wildman–Crippen MR) is 79.1 cm³/mol. The number of rotatable bonds is 4. The monoisotopic (exact) mass is 264 g/mol. The largest absolute Gasteiger partial charge is 0.468 e. The van der Waals surface area contributed by atoms with Gasteiger partial charge in [-0.05, 0) is 38.5 Å². The van der Waals surface area contributed by atoms with Gasteiger partial charge in [0.25, 0.3) is 6.47 Å². The summed E-state index contributed by atoms with van der Waals surface area (Å²) in [6.45, 7) is 11.5. The van der Waals surface area contributed by atoms with Gasteiger partial charge in [0, 0.05) is 6.54 Å². The van der Waals surface area contributed by atoms with Crippen molar-refractivity contribution in [2.45, 2.75) is 34.6 Å². The Labute approximate surface area is 116 Å². The third-order valence-corrected chi connectivity index (χ3v) is 1.90. The Morgan fingerprint density at radius 2 is 2.00 bits per heavy atom. The van der Waals surface area contributed by atoms with Gasteiger partial charge in [0.15, 0.2) is 0 Å². The van der Waals surface area contributed by atoms with E-state index >= 15 is 0 Å². The zero-order chi connectivity index (χ0) is 15.1. The van der Waals surface area contributed by atoms with Crippen molar-refractivity contribution in [1.82, 2.24) is 0 Å². The quantitative estimate of drug-likeness (QED) is 0.845. The maximum absolute atomic E-state index is 9.18. The summed E-state index contributed by atoms with van der Waals surface area (Å²) in [5, 5.41) is 11.9. The normalized spacial score (nSPS) is 7.79. The number of hydrogen-bond donors (Lipinski definition) is 1. The molecule has 0 atom stereocenters. The molecule has 0 saturated heterocycles. The number of anilines is 1. The number of carbonyl (C=O) groups excluding carboxylic acids is 1. The Kier molecular flexibility index (Phi) is 14.3. The number of aryl methyl sites for hydroxylation is 1. The van der Waals surface area contributed by atoms with Crippen LogP contribution < -0.4 is 5.32 Å². The van der Waals surface area contributed by atoms with E-state index in [0.717, 1.165) is 23.4 Å². The molecule has 4 nitrogen and oxygen atoms in total. The fourth-order valence-corrected chi connectivity index (χ4v) is 1.16. The lowest BCUT2D eigenvalue weighted by Gasteiger charge is -2.05. The van der Waals surface area contributed by atoms with Crippen molar-refractivity contribution in [2.24, 2.45) is 0 Å². The number of nitrogens with one attached hydrogen (secondary N) is 1. The summed E-state index contributed by atoms with van der Waals surface area (Å²) < 4.78 is 4.15. The molecule has 1 rings (SSSR count). The molecule has 0 radical (unpaired) electrons. The molecule has 0 unspecified atom stereocenters. The molecule has 0 bridgehead atoms. The van der Waals surface area contributed by atoms with E-state index in [-0.39, 0.29) is 0 Å². The van der Waals surface area contributed by atoms with E-state index in [2.05, 4.69) is 16.1 Å². The SMILES string of the molecule is CC.CCNc1ccc(C)cc1C#N.CCOC=O. The average Bonchev–Trinajstić information content (AvgIpc) is 2.45. The van der Waals surface area contributed by atoms with Crippen LogP contribution in [-0.2, 0) is 9.53 Å². The number of nitrogens with zero attached hydrogens (tertiary/aromatic N) is 1. The minimum atomic E-state index is 0.431. The molecule has 0 aliphatic carbocycles. The van der Waals surface area contributed by atoms with E-state index in [9.17, 15) is 4.79 Å². The van der Waals surface area contributed by atoms with Gasteiger partial charge < -0.3 is 10.1 Å². The minimum absolute atomic E-state index is 0.431. The zero-order valence-corrected chi connectivity index (χ0v) is 12.5. The van der Waals surface area contributed by atoms with Crippen LogP contribution in [0.2, 0.25) is 0 Å². The average molecular weight is 264 g/mol. The molecule has 0 fully saturated rings. The van der Waals surface area contributed by atoms with Crippen molar-refractivity contribution in [2.75, 3.05) is 18.5 Å². The molecular formula is C15H24N2O2. The van der Waals surface area contributed by atoms with Crippen LogP contribution in [0, 0.1) is 18.3 Å². The van der Waals surface area contributed by atoms with Crippen LogP contribution in [0.4, 0.5) is 5.69 Å². The van der Waals surface area contributed by atoms with Crippen LogP contribution in [0.1, 0.15) is 38.8 Å². The lowest BCUT2D eigenvalue weighted by atomic mass is 10.1. The second-order valence-corrected chi connectivity index (χ2v) is 3.24. The summed E-state index contributed by atoms with van der Waals surface area (Å²) in [6.07, 6.45) is 0.